The Morgan fingerprint density at radius 2 is 1.70 bits per heavy atom. The van der Waals surface area contributed by atoms with Crippen LogP contribution in [0.15, 0.2) is 42.5 Å². The molecule has 9 nitrogen and oxygen atoms in total. The van der Waals surface area contributed by atoms with Crippen molar-refractivity contribution in [3.63, 3.8) is 0 Å². The summed E-state index contributed by atoms with van der Waals surface area (Å²) in [6, 6.07) is 11.4. The predicted molar refractivity (Wildman–Crippen MR) is 168 cm³/mol. The van der Waals surface area contributed by atoms with Gasteiger partial charge in [0.25, 0.3) is 0 Å². The van der Waals surface area contributed by atoms with E-state index in [2.05, 4.69) is 24.5 Å². The SMILES string of the molecule is Cc1cc(NC(=O)[C@H](CCN)NC(=O)[C@@H]2Cc3ccccc3CN2C(=O)CCC(=O)N2CCCCC2C(C)C)ccc1Cl. The maximum Gasteiger partial charge on any atom is 0.246 e. The van der Waals surface area contributed by atoms with E-state index in [9.17, 15) is 19.2 Å². The third kappa shape index (κ3) is 8.15. The van der Waals surface area contributed by atoms with Crippen LogP contribution in [0.4, 0.5) is 5.69 Å². The van der Waals surface area contributed by atoms with Crippen LogP contribution in [-0.4, -0.2) is 64.6 Å². The van der Waals surface area contributed by atoms with E-state index < -0.39 is 23.9 Å². The van der Waals surface area contributed by atoms with Crippen LogP contribution in [0.1, 0.15) is 69.1 Å². The number of hydrogen-bond acceptors (Lipinski definition) is 5. The number of benzene rings is 2. The number of likely N-dealkylation sites (tertiary alicyclic amines) is 1. The number of carbonyl (C=O) groups is 4. The van der Waals surface area contributed by atoms with Gasteiger partial charge < -0.3 is 26.2 Å². The van der Waals surface area contributed by atoms with Crippen molar-refractivity contribution in [3.8, 4) is 0 Å². The minimum Gasteiger partial charge on any atom is -0.342 e. The summed E-state index contributed by atoms with van der Waals surface area (Å²) in [6.07, 6.45) is 3.74. The fourth-order valence-electron chi connectivity index (χ4n) is 6.14. The Balaban J connectivity index is 1.47. The van der Waals surface area contributed by atoms with Crippen molar-refractivity contribution in [2.24, 2.45) is 11.7 Å². The fraction of sp³-hybridized carbons (Fsp3) is 0.515. The molecule has 4 amide bonds. The van der Waals surface area contributed by atoms with E-state index in [0.717, 1.165) is 42.5 Å². The number of amides is 4. The van der Waals surface area contributed by atoms with Gasteiger partial charge in [-0.3, -0.25) is 19.2 Å². The number of nitrogens with two attached hydrogens (primary N) is 1. The Morgan fingerprint density at radius 1 is 1.00 bits per heavy atom. The zero-order valence-corrected chi connectivity index (χ0v) is 26.2. The van der Waals surface area contributed by atoms with Gasteiger partial charge in [-0.2, -0.15) is 0 Å². The van der Waals surface area contributed by atoms with Crippen molar-refractivity contribution in [2.75, 3.05) is 18.4 Å². The zero-order valence-electron chi connectivity index (χ0n) is 25.4. The number of nitrogens with one attached hydrogen (secondary N) is 2. The first-order chi connectivity index (χ1) is 20.6. The van der Waals surface area contributed by atoms with Gasteiger partial charge in [-0.25, -0.2) is 0 Å². The summed E-state index contributed by atoms with van der Waals surface area (Å²) in [5.41, 5.74) is 9.13. The first kappa shape index (κ1) is 32.5. The standard InChI is InChI=1S/C33H44ClN5O4/c1-21(2)28-10-6-7-17-38(28)30(40)13-14-31(41)39-20-24-9-5-4-8-23(24)19-29(39)33(43)37-27(15-16-35)32(42)36-25-11-12-26(34)22(3)18-25/h4-5,8-9,11-12,18,21,27-29H,6-7,10,13-17,19-20,35H2,1-3H3,(H,36,42)(H,37,43)/t27-,28?,29-/m0/s1. The normalized spacial score (nSPS) is 19.0. The van der Waals surface area contributed by atoms with Crippen molar-refractivity contribution >= 4 is 40.9 Å². The molecule has 0 radical (unpaired) electrons. The number of aryl methyl sites for hydroxylation is 1. The maximum atomic E-state index is 13.7. The number of rotatable bonds is 10. The highest BCUT2D eigenvalue weighted by molar-refractivity contribution is 6.31. The monoisotopic (exact) mass is 609 g/mol. The van der Waals surface area contributed by atoms with Gasteiger partial charge in [-0.1, -0.05) is 49.7 Å². The lowest BCUT2D eigenvalue weighted by Crippen LogP contribution is -2.56. The van der Waals surface area contributed by atoms with Gasteiger partial charge in [0, 0.05) is 49.1 Å². The van der Waals surface area contributed by atoms with Crippen molar-refractivity contribution in [1.29, 1.82) is 0 Å². The van der Waals surface area contributed by atoms with Crippen LogP contribution in [-0.2, 0) is 32.1 Å². The number of nitrogens with zero attached hydrogens (tertiary/aromatic N) is 2. The largest absolute Gasteiger partial charge is 0.342 e. The average molecular weight is 610 g/mol. The quantitative estimate of drug-likeness (QED) is 0.373. The number of hydrogen-bond donors (Lipinski definition) is 3. The molecule has 0 spiro atoms. The Labute approximate surface area is 259 Å². The van der Waals surface area contributed by atoms with Crippen LogP contribution in [0, 0.1) is 12.8 Å². The molecule has 2 aliphatic heterocycles. The molecule has 2 aromatic carbocycles. The van der Waals surface area contributed by atoms with Gasteiger partial charge in [0.1, 0.15) is 12.1 Å². The van der Waals surface area contributed by atoms with Crippen LogP contribution in [0.25, 0.3) is 0 Å². The molecule has 10 heteroatoms. The molecule has 1 unspecified atom stereocenters. The number of fused-ring (bicyclic) bond motifs is 1. The molecule has 2 aliphatic rings. The molecule has 3 atom stereocenters. The summed E-state index contributed by atoms with van der Waals surface area (Å²) >= 11 is 6.12. The molecule has 2 heterocycles. The highest BCUT2D eigenvalue weighted by Crippen LogP contribution is 2.27. The van der Waals surface area contributed by atoms with E-state index in [4.69, 9.17) is 17.3 Å². The van der Waals surface area contributed by atoms with E-state index in [1.165, 1.54) is 0 Å². The molecule has 2 aromatic rings. The molecular weight excluding hydrogens is 566 g/mol. The van der Waals surface area contributed by atoms with Gasteiger partial charge in [0.15, 0.2) is 0 Å². The van der Waals surface area contributed by atoms with Gasteiger partial charge in [-0.15, -0.1) is 0 Å². The van der Waals surface area contributed by atoms with Gasteiger partial charge in [0.2, 0.25) is 23.6 Å². The average Bonchev–Trinajstić information content (AvgIpc) is 3.00. The molecule has 0 saturated carbocycles. The van der Waals surface area contributed by atoms with Crippen molar-refractivity contribution in [1.82, 2.24) is 15.1 Å². The summed E-state index contributed by atoms with van der Waals surface area (Å²) in [5.74, 6) is -0.735. The fourth-order valence-corrected chi connectivity index (χ4v) is 6.25. The Bertz CT molecular complexity index is 1330. The summed E-state index contributed by atoms with van der Waals surface area (Å²) in [5, 5.41) is 6.28. The third-order valence-corrected chi connectivity index (χ3v) is 9.00. The molecular formula is C33H44ClN5O4. The number of halogens is 1. The van der Waals surface area contributed by atoms with Gasteiger partial charge in [0.05, 0.1) is 0 Å². The Morgan fingerprint density at radius 3 is 2.37 bits per heavy atom. The van der Waals surface area contributed by atoms with E-state index in [1.54, 1.807) is 23.1 Å². The van der Waals surface area contributed by atoms with Crippen molar-refractivity contribution in [2.45, 2.75) is 90.4 Å². The molecule has 4 N–H and O–H groups in total. The third-order valence-electron chi connectivity index (χ3n) is 8.58. The van der Waals surface area contributed by atoms with E-state index in [-0.39, 0.29) is 50.2 Å². The molecule has 0 aliphatic carbocycles. The zero-order chi connectivity index (χ0) is 31.1. The second kappa shape index (κ2) is 14.8. The summed E-state index contributed by atoms with van der Waals surface area (Å²) in [6.45, 7) is 7.27. The minimum absolute atomic E-state index is 0.0118. The lowest BCUT2D eigenvalue weighted by atomic mass is 9.92. The van der Waals surface area contributed by atoms with Gasteiger partial charge >= 0.3 is 0 Å². The van der Waals surface area contributed by atoms with Crippen LogP contribution >= 0.6 is 11.6 Å². The summed E-state index contributed by atoms with van der Waals surface area (Å²) < 4.78 is 0. The second-order valence-electron chi connectivity index (χ2n) is 12.0. The Kier molecular flexibility index (Phi) is 11.2. The van der Waals surface area contributed by atoms with Crippen LogP contribution in [0.2, 0.25) is 5.02 Å². The first-order valence-corrected chi connectivity index (χ1v) is 15.7. The molecule has 0 aromatic heterocycles. The highest BCUT2D eigenvalue weighted by atomic mass is 35.5. The van der Waals surface area contributed by atoms with Crippen LogP contribution in [0.3, 0.4) is 0 Å². The number of anilines is 1. The Hall–Kier alpha value is -3.43. The lowest BCUT2D eigenvalue weighted by molar-refractivity contribution is -0.145. The lowest BCUT2D eigenvalue weighted by Gasteiger charge is -2.39. The molecule has 1 fully saturated rings. The van der Waals surface area contributed by atoms with Crippen LogP contribution in [0.5, 0.6) is 0 Å². The number of piperidine rings is 1. The summed E-state index contributed by atoms with van der Waals surface area (Å²) in [7, 11) is 0. The molecule has 232 valence electrons. The van der Waals surface area contributed by atoms with E-state index >= 15 is 0 Å². The molecule has 0 bridgehead atoms. The second-order valence-corrected chi connectivity index (χ2v) is 12.4. The van der Waals surface area contributed by atoms with E-state index in [1.807, 2.05) is 36.1 Å². The molecule has 43 heavy (non-hydrogen) atoms. The first-order valence-electron chi connectivity index (χ1n) is 15.3. The number of carbonyl (C=O) groups excluding carboxylic acids is 4. The smallest absolute Gasteiger partial charge is 0.246 e. The van der Waals surface area contributed by atoms with E-state index in [0.29, 0.717) is 23.0 Å². The van der Waals surface area contributed by atoms with Crippen molar-refractivity contribution in [3.05, 3.63) is 64.2 Å². The highest BCUT2D eigenvalue weighted by Gasteiger charge is 2.37. The predicted octanol–water partition coefficient (Wildman–Crippen LogP) is 4.19. The molecule has 1 saturated heterocycles. The van der Waals surface area contributed by atoms with Crippen molar-refractivity contribution < 1.29 is 19.2 Å². The summed E-state index contributed by atoms with van der Waals surface area (Å²) in [4.78, 5) is 57.3. The minimum atomic E-state index is -0.892. The topological polar surface area (TPSA) is 125 Å². The maximum absolute atomic E-state index is 13.7. The van der Waals surface area contributed by atoms with Crippen LogP contribution < -0.4 is 16.4 Å². The molecule has 4 rings (SSSR count). The van der Waals surface area contributed by atoms with Gasteiger partial charge in [-0.05, 0) is 80.0 Å².